The zero-order valence-corrected chi connectivity index (χ0v) is 9.27. The third-order valence-corrected chi connectivity index (χ3v) is 4.02. The molecule has 0 radical (unpaired) electrons. The topological polar surface area (TPSA) is 12.0 Å². The Bertz CT molecular complexity index is 192. The summed E-state index contributed by atoms with van der Waals surface area (Å²) in [5, 5.41) is 3.21. The average molecular weight is 217 g/mol. The van der Waals surface area contributed by atoms with Crippen LogP contribution in [0.15, 0.2) is 0 Å². The second-order valence-electron chi connectivity index (χ2n) is 5.03. The monoisotopic (exact) mass is 217 g/mol. The van der Waals surface area contributed by atoms with Crippen LogP contribution in [0.1, 0.15) is 44.9 Å². The first kappa shape index (κ1) is 11.3. The first-order valence-electron chi connectivity index (χ1n) is 6.30. The zero-order chi connectivity index (χ0) is 10.7. The molecule has 0 aromatic rings. The van der Waals surface area contributed by atoms with Crippen molar-refractivity contribution in [1.82, 2.24) is 5.32 Å². The number of halogens is 2. The van der Waals surface area contributed by atoms with Crippen molar-refractivity contribution in [2.45, 2.75) is 50.9 Å². The van der Waals surface area contributed by atoms with Gasteiger partial charge < -0.3 is 5.32 Å². The number of rotatable bonds is 2. The highest BCUT2D eigenvalue weighted by atomic mass is 19.3. The fraction of sp³-hybridized carbons (Fsp3) is 1.00. The first-order valence-corrected chi connectivity index (χ1v) is 6.30. The molecular weight excluding hydrogens is 196 g/mol. The van der Waals surface area contributed by atoms with Crippen molar-refractivity contribution in [1.29, 1.82) is 0 Å². The lowest BCUT2D eigenvalue weighted by atomic mass is 9.84. The van der Waals surface area contributed by atoms with Gasteiger partial charge in [0.25, 0.3) is 5.92 Å². The number of nitrogens with one attached hydrogen (secondary N) is 1. The molecule has 1 unspecified atom stereocenters. The molecule has 2 fully saturated rings. The van der Waals surface area contributed by atoms with E-state index in [-0.39, 0.29) is 11.8 Å². The number of alkyl halides is 2. The van der Waals surface area contributed by atoms with Gasteiger partial charge in [-0.3, -0.25) is 0 Å². The van der Waals surface area contributed by atoms with Crippen molar-refractivity contribution in [3.63, 3.8) is 0 Å². The highest BCUT2D eigenvalue weighted by Crippen LogP contribution is 2.45. The molecule has 1 nitrogen and oxygen atoms in total. The van der Waals surface area contributed by atoms with Gasteiger partial charge in [-0.05, 0) is 45.2 Å². The fourth-order valence-electron chi connectivity index (χ4n) is 3.05. The van der Waals surface area contributed by atoms with Crippen molar-refractivity contribution in [3.8, 4) is 0 Å². The van der Waals surface area contributed by atoms with Crippen LogP contribution in [0.4, 0.5) is 8.78 Å². The maximum absolute atomic E-state index is 14.2. The summed E-state index contributed by atoms with van der Waals surface area (Å²) in [6, 6.07) is 0. The molecule has 0 bridgehead atoms. The van der Waals surface area contributed by atoms with E-state index in [0.717, 1.165) is 45.2 Å². The van der Waals surface area contributed by atoms with Gasteiger partial charge >= 0.3 is 0 Å². The molecule has 1 heterocycles. The van der Waals surface area contributed by atoms with Crippen LogP contribution in [-0.2, 0) is 0 Å². The maximum atomic E-state index is 14.2. The predicted molar refractivity (Wildman–Crippen MR) is 57.1 cm³/mol. The summed E-state index contributed by atoms with van der Waals surface area (Å²) in [4.78, 5) is 0. The molecule has 1 saturated carbocycles. The normalized spacial score (nSPS) is 30.4. The first-order chi connectivity index (χ1) is 7.21. The Morgan fingerprint density at radius 2 is 1.40 bits per heavy atom. The molecule has 0 amide bonds. The molecule has 0 aromatic carbocycles. The fourth-order valence-corrected chi connectivity index (χ4v) is 3.05. The summed E-state index contributed by atoms with van der Waals surface area (Å²) in [7, 11) is 0. The molecule has 88 valence electrons. The van der Waals surface area contributed by atoms with Gasteiger partial charge in [-0.2, -0.15) is 0 Å². The second-order valence-corrected chi connectivity index (χ2v) is 5.03. The van der Waals surface area contributed by atoms with E-state index in [2.05, 4.69) is 5.32 Å². The van der Waals surface area contributed by atoms with Crippen LogP contribution in [0, 0.1) is 11.8 Å². The van der Waals surface area contributed by atoms with Crippen LogP contribution >= 0.6 is 0 Å². The van der Waals surface area contributed by atoms with Crippen molar-refractivity contribution >= 4 is 0 Å². The molecule has 0 spiro atoms. The highest BCUT2D eigenvalue weighted by Gasteiger charge is 2.46. The molecule has 1 N–H and O–H groups in total. The van der Waals surface area contributed by atoms with Gasteiger partial charge in [-0.15, -0.1) is 0 Å². The summed E-state index contributed by atoms with van der Waals surface area (Å²) in [5.74, 6) is -3.08. The van der Waals surface area contributed by atoms with Crippen LogP contribution in [0.25, 0.3) is 0 Å². The smallest absolute Gasteiger partial charge is 0.253 e. The highest BCUT2D eigenvalue weighted by molar-refractivity contribution is 4.88. The van der Waals surface area contributed by atoms with Gasteiger partial charge in [0.2, 0.25) is 0 Å². The van der Waals surface area contributed by atoms with Crippen LogP contribution < -0.4 is 5.32 Å². The lowest BCUT2D eigenvalue weighted by molar-refractivity contribution is -0.110. The van der Waals surface area contributed by atoms with Gasteiger partial charge in [0.15, 0.2) is 0 Å². The molecule has 1 aliphatic heterocycles. The summed E-state index contributed by atoms with van der Waals surface area (Å²) in [6.07, 6.45) is 5.78. The van der Waals surface area contributed by atoms with E-state index in [9.17, 15) is 8.78 Å². The molecule has 1 atom stereocenters. The van der Waals surface area contributed by atoms with Crippen LogP contribution in [0.5, 0.6) is 0 Å². The van der Waals surface area contributed by atoms with Gasteiger partial charge in [0.05, 0.1) is 0 Å². The third-order valence-electron chi connectivity index (χ3n) is 4.02. The molecule has 2 aliphatic rings. The Morgan fingerprint density at radius 1 is 0.800 bits per heavy atom. The zero-order valence-electron chi connectivity index (χ0n) is 9.27. The minimum Gasteiger partial charge on any atom is -0.317 e. The van der Waals surface area contributed by atoms with Crippen molar-refractivity contribution < 1.29 is 8.78 Å². The van der Waals surface area contributed by atoms with E-state index in [1.54, 1.807) is 0 Å². The molecule has 1 aliphatic carbocycles. The molecule has 3 heteroatoms. The van der Waals surface area contributed by atoms with Gasteiger partial charge in [0.1, 0.15) is 0 Å². The van der Waals surface area contributed by atoms with E-state index in [1.165, 1.54) is 0 Å². The molecule has 2 rings (SSSR count). The summed E-state index contributed by atoms with van der Waals surface area (Å²) >= 11 is 0. The van der Waals surface area contributed by atoms with Gasteiger partial charge in [-0.25, -0.2) is 8.78 Å². The Balaban J connectivity index is 1.98. The third kappa shape index (κ3) is 2.49. The van der Waals surface area contributed by atoms with Gasteiger partial charge in [0, 0.05) is 11.8 Å². The Hall–Kier alpha value is -0.180. The molecular formula is C12H21F2N. The van der Waals surface area contributed by atoms with E-state index in [0.29, 0.717) is 12.8 Å². The van der Waals surface area contributed by atoms with Crippen molar-refractivity contribution in [3.05, 3.63) is 0 Å². The average Bonchev–Trinajstić information content (AvgIpc) is 2.61. The molecule has 1 saturated heterocycles. The summed E-state index contributed by atoms with van der Waals surface area (Å²) in [6.45, 7) is 1.68. The summed E-state index contributed by atoms with van der Waals surface area (Å²) in [5.41, 5.74) is 0. The molecule has 15 heavy (non-hydrogen) atoms. The minimum atomic E-state index is -2.40. The largest absolute Gasteiger partial charge is 0.317 e. The van der Waals surface area contributed by atoms with E-state index < -0.39 is 5.92 Å². The number of hydrogen-bond acceptors (Lipinski definition) is 1. The van der Waals surface area contributed by atoms with Crippen molar-refractivity contribution in [2.75, 3.05) is 13.1 Å². The van der Waals surface area contributed by atoms with Crippen LogP contribution in [-0.4, -0.2) is 19.0 Å². The Kier molecular flexibility index (Phi) is 3.60. The van der Waals surface area contributed by atoms with E-state index in [4.69, 9.17) is 0 Å². The van der Waals surface area contributed by atoms with E-state index >= 15 is 0 Å². The standard InChI is InChI=1S/C12H21F2N/c13-12(14,10-4-1-2-5-10)11-6-3-8-15-9-7-11/h10-11,15H,1-9H2. The van der Waals surface area contributed by atoms with Gasteiger partial charge in [-0.1, -0.05) is 12.8 Å². The second kappa shape index (κ2) is 4.77. The molecule has 0 aromatic heterocycles. The Labute approximate surface area is 90.6 Å². The van der Waals surface area contributed by atoms with Crippen LogP contribution in [0.3, 0.4) is 0 Å². The minimum absolute atomic E-state index is 0.319. The SMILES string of the molecule is FC(F)(C1CCCC1)C1CCCNCC1. The lowest BCUT2D eigenvalue weighted by Crippen LogP contribution is -2.36. The van der Waals surface area contributed by atoms with Crippen LogP contribution in [0.2, 0.25) is 0 Å². The number of hydrogen-bond donors (Lipinski definition) is 1. The predicted octanol–water partition coefficient (Wildman–Crippen LogP) is 3.20. The van der Waals surface area contributed by atoms with Crippen molar-refractivity contribution in [2.24, 2.45) is 11.8 Å². The lowest BCUT2D eigenvalue weighted by Gasteiger charge is -2.30. The maximum Gasteiger partial charge on any atom is 0.253 e. The summed E-state index contributed by atoms with van der Waals surface area (Å²) < 4.78 is 28.3. The quantitative estimate of drug-likeness (QED) is 0.749. The Morgan fingerprint density at radius 3 is 2.13 bits per heavy atom. The van der Waals surface area contributed by atoms with E-state index in [1.807, 2.05) is 0 Å².